The molecule has 2 aliphatic heterocycles. The fourth-order valence-electron chi connectivity index (χ4n) is 6.04. The van der Waals surface area contributed by atoms with Crippen LogP contribution in [-0.4, -0.2) is 58.7 Å². The molecule has 6 nitrogen and oxygen atoms in total. The summed E-state index contributed by atoms with van der Waals surface area (Å²) in [6, 6.07) is 16.0. The molecule has 0 radical (unpaired) electrons. The van der Waals surface area contributed by atoms with Crippen LogP contribution >= 0.6 is 11.6 Å². The minimum Gasteiger partial charge on any atom is -0.351 e. The average Bonchev–Trinajstić information content (AvgIpc) is 3.29. The van der Waals surface area contributed by atoms with Gasteiger partial charge in [0, 0.05) is 41.3 Å². The number of likely N-dealkylation sites (tertiary alicyclic amines) is 2. The van der Waals surface area contributed by atoms with E-state index in [-0.39, 0.29) is 29.8 Å². The first-order valence-electron chi connectivity index (χ1n) is 12.7. The number of hydrogen-bond donors (Lipinski definition) is 1. The van der Waals surface area contributed by atoms with E-state index in [9.17, 15) is 14.4 Å². The van der Waals surface area contributed by atoms with Gasteiger partial charge < -0.3 is 15.1 Å². The zero-order valence-electron chi connectivity index (χ0n) is 19.9. The number of nitrogens with zero attached hydrogens (tertiary/aromatic N) is 2. The van der Waals surface area contributed by atoms with Crippen molar-refractivity contribution >= 4 is 29.3 Å². The topological polar surface area (TPSA) is 69.7 Å². The second-order valence-electron chi connectivity index (χ2n) is 10.0. The van der Waals surface area contributed by atoms with Crippen LogP contribution in [0.25, 0.3) is 0 Å². The number of fused-ring (bicyclic) bond motifs is 1. The molecule has 0 aromatic heterocycles. The van der Waals surface area contributed by atoms with Gasteiger partial charge >= 0.3 is 0 Å². The Morgan fingerprint density at radius 1 is 0.829 bits per heavy atom. The third-order valence-corrected chi connectivity index (χ3v) is 8.08. The SMILES string of the molecule is O=C(NC1CCN(C(=O)c2ccccc2)CC1)C1CC2CCCCC2N1C(=O)c1cccc(Cl)c1. The highest BCUT2D eigenvalue weighted by atomic mass is 35.5. The molecule has 1 saturated carbocycles. The summed E-state index contributed by atoms with van der Waals surface area (Å²) in [5, 5.41) is 3.74. The molecule has 2 aromatic rings. The van der Waals surface area contributed by atoms with Gasteiger partial charge in [-0.1, -0.05) is 48.7 Å². The molecular formula is C28H32ClN3O3. The smallest absolute Gasteiger partial charge is 0.254 e. The van der Waals surface area contributed by atoms with Crippen molar-refractivity contribution < 1.29 is 14.4 Å². The first kappa shape index (κ1) is 23.9. The Labute approximate surface area is 211 Å². The van der Waals surface area contributed by atoms with E-state index >= 15 is 0 Å². The van der Waals surface area contributed by atoms with Crippen molar-refractivity contribution in [2.45, 2.75) is 63.1 Å². The van der Waals surface area contributed by atoms with Gasteiger partial charge in [-0.15, -0.1) is 0 Å². The lowest BCUT2D eigenvalue weighted by atomic mass is 9.84. The normalized spacial score (nSPS) is 24.7. The van der Waals surface area contributed by atoms with Crippen molar-refractivity contribution in [3.8, 4) is 0 Å². The monoisotopic (exact) mass is 493 g/mol. The predicted octanol–water partition coefficient (Wildman–Crippen LogP) is 4.53. The number of carbonyl (C=O) groups excluding carboxylic acids is 3. The third-order valence-electron chi connectivity index (χ3n) is 7.85. The molecular weight excluding hydrogens is 462 g/mol. The quantitative estimate of drug-likeness (QED) is 0.680. The Hall–Kier alpha value is -2.86. The molecule has 3 amide bonds. The van der Waals surface area contributed by atoms with Crippen LogP contribution in [0.1, 0.15) is 65.7 Å². The minimum atomic E-state index is -0.460. The van der Waals surface area contributed by atoms with E-state index in [1.807, 2.05) is 40.1 Å². The number of carbonyl (C=O) groups is 3. The molecule has 2 saturated heterocycles. The van der Waals surface area contributed by atoms with Gasteiger partial charge in [-0.05, 0) is 68.4 Å². The lowest BCUT2D eigenvalue weighted by molar-refractivity contribution is -0.126. The summed E-state index contributed by atoms with van der Waals surface area (Å²) in [4.78, 5) is 43.5. The number of hydrogen-bond acceptors (Lipinski definition) is 3. The van der Waals surface area contributed by atoms with E-state index in [1.54, 1.807) is 24.3 Å². The van der Waals surface area contributed by atoms with Gasteiger partial charge in [0.2, 0.25) is 5.91 Å². The maximum absolute atomic E-state index is 13.6. The highest BCUT2D eigenvalue weighted by Gasteiger charge is 2.47. The van der Waals surface area contributed by atoms with Gasteiger partial charge in [0.15, 0.2) is 0 Å². The molecule has 0 spiro atoms. The number of benzene rings is 2. The molecule has 1 N–H and O–H groups in total. The minimum absolute atomic E-state index is 0.00748. The Bertz CT molecular complexity index is 1080. The molecule has 184 valence electrons. The Morgan fingerprint density at radius 2 is 1.54 bits per heavy atom. The lowest BCUT2D eigenvalue weighted by Gasteiger charge is -2.35. The summed E-state index contributed by atoms with van der Waals surface area (Å²) in [6.45, 7) is 1.22. The van der Waals surface area contributed by atoms with Crippen molar-refractivity contribution in [1.82, 2.24) is 15.1 Å². The molecule has 3 aliphatic rings. The summed E-state index contributed by atoms with van der Waals surface area (Å²) < 4.78 is 0. The summed E-state index contributed by atoms with van der Waals surface area (Å²) >= 11 is 6.16. The van der Waals surface area contributed by atoms with Crippen LogP contribution in [0.3, 0.4) is 0 Å². The molecule has 3 atom stereocenters. The van der Waals surface area contributed by atoms with Gasteiger partial charge in [-0.3, -0.25) is 14.4 Å². The van der Waals surface area contributed by atoms with Crippen LogP contribution in [0.4, 0.5) is 0 Å². The fourth-order valence-corrected chi connectivity index (χ4v) is 6.23. The highest BCUT2D eigenvalue weighted by molar-refractivity contribution is 6.31. The third kappa shape index (κ3) is 5.08. The Balaban J connectivity index is 1.25. The van der Waals surface area contributed by atoms with E-state index in [0.29, 0.717) is 54.4 Å². The number of piperidine rings is 1. The molecule has 5 rings (SSSR count). The molecule has 35 heavy (non-hydrogen) atoms. The van der Waals surface area contributed by atoms with Crippen LogP contribution < -0.4 is 5.32 Å². The van der Waals surface area contributed by atoms with Crippen LogP contribution in [-0.2, 0) is 4.79 Å². The fraction of sp³-hybridized carbons (Fsp3) is 0.464. The number of nitrogens with one attached hydrogen (secondary N) is 1. The van der Waals surface area contributed by atoms with Gasteiger partial charge in [-0.25, -0.2) is 0 Å². The predicted molar refractivity (Wildman–Crippen MR) is 135 cm³/mol. The summed E-state index contributed by atoms with van der Waals surface area (Å²) in [5.74, 6) is 0.231. The lowest BCUT2D eigenvalue weighted by Crippen LogP contribution is -2.53. The van der Waals surface area contributed by atoms with Crippen molar-refractivity contribution in [1.29, 1.82) is 0 Å². The van der Waals surface area contributed by atoms with Crippen LogP contribution in [0.2, 0.25) is 5.02 Å². The maximum Gasteiger partial charge on any atom is 0.254 e. The Morgan fingerprint density at radius 3 is 2.29 bits per heavy atom. The second-order valence-corrected chi connectivity index (χ2v) is 10.5. The van der Waals surface area contributed by atoms with Crippen molar-refractivity contribution in [2.24, 2.45) is 5.92 Å². The van der Waals surface area contributed by atoms with Gasteiger partial charge in [0.25, 0.3) is 11.8 Å². The van der Waals surface area contributed by atoms with E-state index < -0.39 is 6.04 Å². The van der Waals surface area contributed by atoms with Crippen molar-refractivity contribution in [2.75, 3.05) is 13.1 Å². The van der Waals surface area contributed by atoms with Crippen LogP contribution in [0.5, 0.6) is 0 Å². The van der Waals surface area contributed by atoms with E-state index in [2.05, 4.69) is 5.32 Å². The molecule has 3 fully saturated rings. The molecule has 7 heteroatoms. The van der Waals surface area contributed by atoms with E-state index in [4.69, 9.17) is 11.6 Å². The number of amides is 3. The number of halogens is 1. The summed E-state index contributed by atoms with van der Waals surface area (Å²) in [5.41, 5.74) is 1.23. The first-order chi connectivity index (χ1) is 17.0. The number of rotatable bonds is 4. The van der Waals surface area contributed by atoms with Crippen molar-refractivity contribution in [3.63, 3.8) is 0 Å². The van der Waals surface area contributed by atoms with Crippen LogP contribution in [0.15, 0.2) is 54.6 Å². The first-order valence-corrected chi connectivity index (χ1v) is 13.1. The van der Waals surface area contributed by atoms with Gasteiger partial charge in [0.05, 0.1) is 0 Å². The summed E-state index contributed by atoms with van der Waals surface area (Å²) in [7, 11) is 0. The van der Waals surface area contributed by atoms with E-state index in [1.165, 1.54) is 0 Å². The second kappa shape index (κ2) is 10.4. The molecule has 3 unspecified atom stereocenters. The highest BCUT2D eigenvalue weighted by Crippen LogP contribution is 2.40. The summed E-state index contributed by atoms with van der Waals surface area (Å²) in [6.07, 6.45) is 6.40. The van der Waals surface area contributed by atoms with Crippen LogP contribution in [0, 0.1) is 5.92 Å². The van der Waals surface area contributed by atoms with Gasteiger partial charge in [-0.2, -0.15) is 0 Å². The van der Waals surface area contributed by atoms with Crippen molar-refractivity contribution in [3.05, 3.63) is 70.7 Å². The average molecular weight is 494 g/mol. The molecule has 2 heterocycles. The Kier molecular flexibility index (Phi) is 7.09. The molecule has 0 bridgehead atoms. The molecule has 2 aromatic carbocycles. The van der Waals surface area contributed by atoms with Gasteiger partial charge in [0.1, 0.15) is 6.04 Å². The maximum atomic E-state index is 13.6. The zero-order valence-corrected chi connectivity index (χ0v) is 20.6. The van der Waals surface area contributed by atoms with E-state index in [0.717, 1.165) is 25.7 Å². The standard InChI is InChI=1S/C28H32ClN3O3/c29-22-11-6-10-21(17-22)28(35)32-24-12-5-4-9-20(24)18-25(32)26(33)30-23-13-15-31(16-14-23)27(34)19-7-2-1-3-8-19/h1-3,6-8,10-11,17,20,23-25H,4-5,9,12-16,18H2,(H,30,33). The molecule has 1 aliphatic carbocycles. The largest absolute Gasteiger partial charge is 0.351 e. The zero-order chi connectivity index (χ0) is 24.4.